The number of phenols is 1. The summed E-state index contributed by atoms with van der Waals surface area (Å²) in [6, 6.07) is 5.81. The van der Waals surface area contributed by atoms with Crippen LogP contribution in [0.1, 0.15) is 10.4 Å². The molecule has 63 valence electrons. The fourth-order valence-electron chi connectivity index (χ4n) is 0.654. The Balaban J connectivity index is 0.000000561. The predicted octanol–water partition coefficient (Wildman–Crippen LogP) is 0.153. The lowest BCUT2D eigenvalue weighted by Crippen LogP contribution is -1.95. The number of para-hydroxylation sites is 1. The van der Waals surface area contributed by atoms with Crippen LogP contribution in [-0.2, 0) is 0 Å². The van der Waals surface area contributed by atoms with Crippen LogP contribution in [0.25, 0.3) is 0 Å². The Kier molecular flexibility index (Phi) is 4.74. The van der Waals surface area contributed by atoms with Crippen LogP contribution < -0.4 is 0 Å². The van der Waals surface area contributed by atoms with Gasteiger partial charge in [0, 0.05) is 0 Å². The molecule has 0 saturated carbocycles. The van der Waals surface area contributed by atoms with Gasteiger partial charge in [-0.3, -0.25) is 0 Å². The summed E-state index contributed by atoms with van der Waals surface area (Å²) in [6.07, 6.45) is 0. The molecule has 0 aliphatic carbocycles. The number of benzene rings is 1. The van der Waals surface area contributed by atoms with Crippen LogP contribution in [0.15, 0.2) is 24.3 Å². The lowest BCUT2D eigenvalue weighted by Gasteiger charge is -1.95. The van der Waals surface area contributed by atoms with Gasteiger partial charge in [0.25, 0.3) is 0 Å². The van der Waals surface area contributed by atoms with E-state index in [2.05, 4.69) is 0 Å². The summed E-state index contributed by atoms with van der Waals surface area (Å²) >= 11 is 0. The van der Waals surface area contributed by atoms with E-state index in [4.69, 9.17) is 15.0 Å². The van der Waals surface area contributed by atoms with Crippen LogP contribution >= 0.6 is 0 Å². The molecule has 1 rings (SSSR count). The first-order valence-corrected chi connectivity index (χ1v) is 3.40. The molecular formula is C7H7O4Si. The molecule has 0 atom stereocenters. The van der Waals surface area contributed by atoms with Crippen molar-refractivity contribution >= 4 is 16.5 Å². The molecule has 12 heavy (non-hydrogen) atoms. The van der Waals surface area contributed by atoms with Crippen molar-refractivity contribution < 1.29 is 19.8 Å². The fraction of sp³-hybridized carbons (Fsp3) is 0. The Labute approximate surface area is 72.6 Å². The third-order valence-corrected chi connectivity index (χ3v) is 1.13. The molecule has 0 spiro atoms. The zero-order chi connectivity index (χ0) is 9.56. The van der Waals surface area contributed by atoms with Gasteiger partial charge in [-0.1, -0.05) is 12.1 Å². The predicted molar refractivity (Wildman–Crippen MR) is 43.0 cm³/mol. The van der Waals surface area contributed by atoms with Gasteiger partial charge in [0.15, 0.2) is 0 Å². The SMILES string of the molecule is O=C(O)c1ccccc1O.O[Si]. The van der Waals surface area contributed by atoms with Crippen LogP contribution in [-0.4, -0.2) is 31.5 Å². The molecular weight excluding hydrogens is 176 g/mol. The third-order valence-electron chi connectivity index (χ3n) is 1.13. The highest BCUT2D eigenvalue weighted by atomic mass is 28.2. The van der Waals surface area contributed by atoms with Crippen molar-refractivity contribution in [3.63, 3.8) is 0 Å². The number of aromatic hydroxyl groups is 1. The Bertz CT molecular complexity index is 261. The van der Waals surface area contributed by atoms with Gasteiger partial charge in [-0.2, -0.15) is 0 Å². The second-order valence-electron chi connectivity index (χ2n) is 1.82. The molecule has 0 saturated heterocycles. The van der Waals surface area contributed by atoms with E-state index in [9.17, 15) is 4.79 Å². The molecule has 0 aromatic heterocycles. The van der Waals surface area contributed by atoms with Crippen LogP contribution in [0, 0.1) is 0 Å². The molecule has 5 heteroatoms. The molecule has 0 aliphatic heterocycles. The Morgan fingerprint density at radius 3 is 2.08 bits per heavy atom. The highest BCUT2D eigenvalue weighted by molar-refractivity contribution is 5.95. The molecule has 0 amide bonds. The minimum absolute atomic E-state index is 0.0671. The highest BCUT2D eigenvalue weighted by Gasteiger charge is 2.05. The van der Waals surface area contributed by atoms with Gasteiger partial charge in [0.05, 0.1) is 0 Å². The maximum atomic E-state index is 10.3. The summed E-state index contributed by atoms with van der Waals surface area (Å²) in [5.41, 5.74) is -0.0671. The number of hydrogen-bond donors (Lipinski definition) is 3. The molecule has 4 nitrogen and oxygen atoms in total. The van der Waals surface area contributed by atoms with Crippen molar-refractivity contribution in [1.29, 1.82) is 0 Å². The zero-order valence-electron chi connectivity index (χ0n) is 6.06. The number of hydrogen-bond acceptors (Lipinski definition) is 3. The average molecular weight is 183 g/mol. The van der Waals surface area contributed by atoms with Crippen molar-refractivity contribution in [2.24, 2.45) is 0 Å². The van der Waals surface area contributed by atoms with Crippen molar-refractivity contribution in [3.8, 4) is 5.75 Å². The first-order valence-electron chi connectivity index (χ1n) is 2.95. The topological polar surface area (TPSA) is 77.8 Å². The number of aromatic carboxylic acids is 1. The van der Waals surface area contributed by atoms with Crippen molar-refractivity contribution in [2.45, 2.75) is 0 Å². The van der Waals surface area contributed by atoms with E-state index in [-0.39, 0.29) is 11.3 Å². The minimum Gasteiger partial charge on any atom is -0.507 e. The normalized spacial score (nSPS) is 8.17. The van der Waals surface area contributed by atoms with Crippen LogP contribution in [0.5, 0.6) is 5.75 Å². The highest BCUT2D eigenvalue weighted by Crippen LogP contribution is 2.14. The van der Waals surface area contributed by atoms with Gasteiger partial charge in [-0.15, -0.1) is 0 Å². The lowest BCUT2D eigenvalue weighted by atomic mass is 10.2. The molecule has 1 aromatic rings. The fourth-order valence-corrected chi connectivity index (χ4v) is 0.654. The molecule has 0 bridgehead atoms. The molecule has 0 heterocycles. The van der Waals surface area contributed by atoms with E-state index in [1.54, 1.807) is 12.1 Å². The Morgan fingerprint density at radius 2 is 1.75 bits per heavy atom. The zero-order valence-corrected chi connectivity index (χ0v) is 7.06. The van der Waals surface area contributed by atoms with Crippen molar-refractivity contribution in [2.75, 3.05) is 0 Å². The molecule has 0 fully saturated rings. The summed E-state index contributed by atoms with van der Waals surface area (Å²) < 4.78 is 0. The van der Waals surface area contributed by atoms with Gasteiger partial charge in [-0.05, 0) is 12.1 Å². The molecule has 0 unspecified atom stereocenters. The van der Waals surface area contributed by atoms with Gasteiger partial charge in [0.1, 0.15) is 11.3 Å². The average Bonchev–Trinajstić information content (AvgIpc) is 2.08. The summed E-state index contributed by atoms with van der Waals surface area (Å²) in [5, 5.41) is 17.3. The number of rotatable bonds is 1. The molecule has 1 aromatic carbocycles. The van der Waals surface area contributed by atoms with Crippen LogP contribution in [0.2, 0.25) is 0 Å². The number of carbonyl (C=O) groups is 1. The van der Waals surface area contributed by atoms with E-state index in [0.29, 0.717) is 0 Å². The first-order chi connectivity index (χ1) is 5.72. The second-order valence-corrected chi connectivity index (χ2v) is 1.82. The maximum Gasteiger partial charge on any atom is 0.339 e. The van der Waals surface area contributed by atoms with Gasteiger partial charge < -0.3 is 15.0 Å². The monoisotopic (exact) mass is 183 g/mol. The molecule has 0 aliphatic rings. The summed E-state index contributed by atoms with van der Waals surface area (Å²) in [4.78, 5) is 17.1. The van der Waals surface area contributed by atoms with E-state index in [1.165, 1.54) is 12.1 Å². The maximum absolute atomic E-state index is 10.3. The Morgan fingerprint density at radius 1 is 1.25 bits per heavy atom. The quantitative estimate of drug-likeness (QED) is 0.542. The minimum atomic E-state index is -1.11. The number of carboxylic acid groups (broad SMARTS) is 1. The lowest BCUT2D eigenvalue weighted by molar-refractivity contribution is 0.0694. The van der Waals surface area contributed by atoms with E-state index >= 15 is 0 Å². The van der Waals surface area contributed by atoms with Gasteiger partial charge in [0.2, 0.25) is 10.5 Å². The molecule has 3 radical (unpaired) electrons. The molecule has 3 N–H and O–H groups in total. The van der Waals surface area contributed by atoms with Crippen molar-refractivity contribution in [1.82, 2.24) is 0 Å². The van der Waals surface area contributed by atoms with Gasteiger partial charge >= 0.3 is 5.97 Å². The smallest absolute Gasteiger partial charge is 0.339 e. The van der Waals surface area contributed by atoms with Crippen LogP contribution in [0.3, 0.4) is 0 Å². The van der Waals surface area contributed by atoms with Gasteiger partial charge in [-0.25, -0.2) is 4.79 Å². The largest absolute Gasteiger partial charge is 0.507 e. The third kappa shape index (κ3) is 2.73. The standard InChI is InChI=1S/C7H6O3.HOSi/c8-6-4-2-1-3-5(6)7(9)10;1-2/h1-4,8H,(H,9,10);1H. The first kappa shape index (κ1) is 10.7. The number of carboxylic acids is 1. The van der Waals surface area contributed by atoms with E-state index in [1.807, 2.05) is 10.5 Å². The summed E-state index contributed by atoms with van der Waals surface area (Å²) in [6.45, 7) is 0. The van der Waals surface area contributed by atoms with Crippen LogP contribution in [0.4, 0.5) is 0 Å². The van der Waals surface area contributed by atoms with E-state index < -0.39 is 5.97 Å². The summed E-state index contributed by atoms with van der Waals surface area (Å²) in [5.74, 6) is -1.31. The van der Waals surface area contributed by atoms with Crippen molar-refractivity contribution in [3.05, 3.63) is 29.8 Å². The van der Waals surface area contributed by atoms with E-state index in [0.717, 1.165) is 0 Å². The second kappa shape index (κ2) is 5.33. The summed E-state index contributed by atoms with van der Waals surface area (Å²) in [7, 11) is 1.97. The Hall–Kier alpha value is -1.33.